The second kappa shape index (κ2) is 5.65. The van der Waals surface area contributed by atoms with Crippen molar-refractivity contribution in [3.63, 3.8) is 0 Å². The van der Waals surface area contributed by atoms with E-state index in [1.807, 2.05) is 12.1 Å². The summed E-state index contributed by atoms with van der Waals surface area (Å²) in [5, 5.41) is 0.541. The van der Waals surface area contributed by atoms with Gasteiger partial charge >= 0.3 is 0 Å². The Morgan fingerprint density at radius 3 is 2.31 bits per heavy atom. The van der Waals surface area contributed by atoms with E-state index in [4.69, 9.17) is 0 Å². The highest BCUT2D eigenvalue weighted by Crippen LogP contribution is 2.33. The van der Waals surface area contributed by atoms with E-state index in [9.17, 15) is 9.46 Å². The molecular formula is C13H21O2P. The summed E-state index contributed by atoms with van der Waals surface area (Å²) in [6.07, 6.45) is 3.49. The molecule has 0 fully saturated rings. The standard InChI is InChI=1S/C13H21O2P/c1-4-5-11(2)10-12-6-8-13(9-7-12)16(3,14)15/h6-9,11H,4-5,10H2,1-3H3,(H,14,15). The first kappa shape index (κ1) is 13.5. The highest BCUT2D eigenvalue weighted by molar-refractivity contribution is 7.65. The smallest absolute Gasteiger partial charge is 0.226 e. The van der Waals surface area contributed by atoms with Gasteiger partial charge in [0.25, 0.3) is 0 Å². The van der Waals surface area contributed by atoms with Crippen LogP contribution >= 0.6 is 7.37 Å². The molecule has 0 bridgehead atoms. The lowest BCUT2D eigenvalue weighted by Crippen LogP contribution is -2.05. The molecule has 1 rings (SSSR count). The summed E-state index contributed by atoms with van der Waals surface area (Å²) in [5.41, 5.74) is 1.25. The quantitative estimate of drug-likeness (QED) is 0.802. The topological polar surface area (TPSA) is 37.3 Å². The molecule has 0 aromatic heterocycles. The van der Waals surface area contributed by atoms with Gasteiger partial charge in [0, 0.05) is 12.0 Å². The molecule has 0 aliphatic rings. The van der Waals surface area contributed by atoms with Crippen molar-refractivity contribution in [2.45, 2.75) is 33.1 Å². The lowest BCUT2D eigenvalue weighted by Gasteiger charge is -2.11. The van der Waals surface area contributed by atoms with E-state index < -0.39 is 7.37 Å². The van der Waals surface area contributed by atoms with Crippen molar-refractivity contribution in [1.29, 1.82) is 0 Å². The summed E-state index contributed by atoms with van der Waals surface area (Å²) in [5.74, 6) is 0.679. The largest absolute Gasteiger partial charge is 0.341 e. The summed E-state index contributed by atoms with van der Waals surface area (Å²) in [7, 11) is -3.08. The Balaban J connectivity index is 2.69. The fraction of sp³-hybridized carbons (Fsp3) is 0.538. The highest BCUT2D eigenvalue weighted by atomic mass is 31.2. The van der Waals surface area contributed by atoms with E-state index in [1.165, 1.54) is 25.1 Å². The van der Waals surface area contributed by atoms with Crippen molar-refractivity contribution in [2.75, 3.05) is 6.66 Å². The molecule has 0 saturated heterocycles. The van der Waals surface area contributed by atoms with Gasteiger partial charge in [-0.25, -0.2) is 0 Å². The van der Waals surface area contributed by atoms with E-state index in [-0.39, 0.29) is 0 Å². The molecule has 2 unspecified atom stereocenters. The van der Waals surface area contributed by atoms with E-state index in [0.29, 0.717) is 11.2 Å². The Kier molecular flexibility index (Phi) is 4.76. The molecule has 0 aliphatic heterocycles. The summed E-state index contributed by atoms with van der Waals surface area (Å²) < 4.78 is 11.4. The number of hydrogen-bond donors (Lipinski definition) is 1. The van der Waals surface area contributed by atoms with Crippen LogP contribution in [0.1, 0.15) is 32.3 Å². The predicted octanol–water partition coefficient (Wildman–Crippen LogP) is 3.19. The van der Waals surface area contributed by atoms with E-state index in [0.717, 1.165) is 6.42 Å². The maximum absolute atomic E-state index is 11.4. The Bertz CT molecular complexity index is 364. The molecule has 0 aliphatic carbocycles. The second-order valence-electron chi connectivity index (χ2n) is 4.64. The van der Waals surface area contributed by atoms with Crippen molar-refractivity contribution in [1.82, 2.24) is 0 Å². The Labute approximate surface area is 98.2 Å². The van der Waals surface area contributed by atoms with E-state index in [1.54, 1.807) is 12.1 Å². The first-order valence-electron chi connectivity index (χ1n) is 5.83. The molecule has 0 amide bonds. The van der Waals surface area contributed by atoms with Crippen LogP contribution in [-0.4, -0.2) is 11.6 Å². The zero-order valence-corrected chi connectivity index (χ0v) is 11.2. The van der Waals surface area contributed by atoms with Crippen LogP contribution in [0.4, 0.5) is 0 Å². The SMILES string of the molecule is CCCC(C)Cc1ccc(P(C)(=O)O)cc1. The molecule has 16 heavy (non-hydrogen) atoms. The molecule has 0 radical (unpaired) electrons. The van der Waals surface area contributed by atoms with Gasteiger partial charge < -0.3 is 4.89 Å². The molecule has 2 atom stereocenters. The van der Waals surface area contributed by atoms with Crippen molar-refractivity contribution in [2.24, 2.45) is 5.92 Å². The van der Waals surface area contributed by atoms with Gasteiger partial charge in [-0.3, -0.25) is 4.57 Å². The molecule has 0 saturated carbocycles. The minimum Gasteiger partial charge on any atom is -0.341 e. The van der Waals surface area contributed by atoms with Crippen LogP contribution in [0.3, 0.4) is 0 Å². The van der Waals surface area contributed by atoms with Crippen LogP contribution in [0, 0.1) is 5.92 Å². The monoisotopic (exact) mass is 240 g/mol. The molecule has 0 heterocycles. The van der Waals surface area contributed by atoms with Gasteiger partial charge in [0.15, 0.2) is 0 Å². The van der Waals surface area contributed by atoms with Gasteiger partial charge in [0.1, 0.15) is 0 Å². The maximum atomic E-state index is 11.4. The van der Waals surface area contributed by atoms with Crippen LogP contribution in [-0.2, 0) is 11.0 Å². The summed E-state index contributed by atoms with van der Waals surface area (Å²) in [6, 6.07) is 7.48. The Morgan fingerprint density at radius 2 is 1.88 bits per heavy atom. The average molecular weight is 240 g/mol. The summed E-state index contributed by atoms with van der Waals surface area (Å²) in [6.45, 7) is 5.81. The number of rotatable bonds is 5. The second-order valence-corrected chi connectivity index (χ2v) is 6.92. The third kappa shape index (κ3) is 4.11. The first-order chi connectivity index (χ1) is 7.43. The molecule has 1 aromatic rings. The lowest BCUT2D eigenvalue weighted by atomic mass is 9.97. The molecular weight excluding hydrogens is 219 g/mol. The van der Waals surface area contributed by atoms with Gasteiger partial charge in [-0.1, -0.05) is 38.8 Å². The van der Waals surface area contributed by atoms with Gasteiger partial charge in [0.05, 0.1) is 0 Å². The Hall–Kier alpha value is -0.590. The molecule has 2 nitrogen and oxygen atoms in total. The van der Waals surface area contributed by atoms with Crippen LogP contribution in [0.5, 0.6) is 0 Å². The molecule has 90 valence electrons. The van der Waals surface area contributed by atoms with Crippen LogP contribution in [0.25, 0.3) is 0 Å². The minimum absolute atomic E-state index is 0.541. The van der Waals surface area contributed by atoms with Crippen LogP contribution < -0.4 is 5.30 Å². The zero-order chi connectivity index (χ0) is 12.2. The fourth-order valence-corrected chi connectivity index (χ4v) is 2.61. The Morgan fingerprint density at radius 1 is 1.31 bits per heavy atom. The average Bonchev–Trinajstić information content (AvgIpc) is 2.17. The van der Waals surface area contributed by atoms with Crippen LogP contribution in [0.15, 0.2) is 24.3 Å². The normalized spacial score (nSPS) is 16.8. The maximum Gasteiger partial charge on any atom is 0.226 e. The highest BCUT2D eigenvalue weighted by Gasteiger charge is 2.13. The van der Waals surface area contributed by atoms with Crippen molar-refractivity contribution in [3.05, 3.63) is 29.8 Å². The van der Waals surface area contributed by atoms with E-state index >= 15 is 0 Å². The third-order valence-corrected chi connectivity index (χ3v) is 4.04. The van der Waals surface area contributed by atoms with Gasteiger partial charge in [-0.15, -0.1) is 0 Å². The number of benzene rings is 1. The van der Waals surface area contributed by atoms with Gasteiger partial charge in [-0.05, 0) is 30.0 Å². The van der Waals surface area contributed by atoms with Crippen molar-refractivity contribution < 1.29 is 9.46 Å². The summed E-state index contributed by atoms with van der Waals surface area (Å²) >= 11 is 0. The summed E-state index contributed by atoms with van der Waals surface area (Å²) in [4.78, 5) is 9.40. The minimum atomic E-state index is -3.08. The molecule has 3 heteroatoms. The van der Waals surface area contributed by atoms with Gasteiger partial charge in [-0.2, -0.15) is 0 Å². The fourth-order valence-electron chi connectivity index (χ4n) is 1.91. The number of hydrogen-bond acceptors (Lipinski definition) is 1. The van der Waals surface area contributed by atoms with Gasteiger partial charge in [0.2, 0.25) is 7.37 Å². The zero-order valence-electron chi connectivity index (χ0n) is 10.3. The van der Waals surface area contributed by atoms with Crippen molar-refractivity contribution >= 4 is 12.7 Å². The van der Waals surface area contributed by atoms with Crippen molar-refractivity contribution in [3.8, 4) is 0 Å². The molecule has 1 aromatic carbocycles. The molecule has 1 N–H and O–H groups in total. The van der Waals surface area contributed by atoms with Crippen LogP contribution in [0.2, 0.25) is 0 Å². The van der Waals surface area contributed by atoms with E-state index in [2.05, 4.69) is 13.8 Å². The third-order valence-electron chi connectivity index (χ3n) is 2.78. The lowest BCUT2D eigenvalue weighted by molar-refractivity contribution is 0.496. The molecule has 0 spiro atoms. The predicted molar refractivity (Wildman–Crippen MR) is 69.6 cm³/mol. The first-order valence-corrected chi connectivity index (χ1v) is 7.94.